The Bertz CT molecular complexity index is 385. The maximum atomic E-state index is 11.7. The van der Waals surface area contributed by atoms with Crippen molar-refractivity contribution >= 4 is 5.91 Å². The Morgan fingerprint density at radius 3 is 2.78 bits per heavy atom. The van der Waals surface area contributed by atoms with Crippen LogP contribution >= 0.6 is 0 Å². The Kier molecular flexibility index (Phi) is 5.34. The number of amides is 1. The normalized spacial score (nSPS) is 11.6. The van der Waals surface area contributed by atoms with Gasteiger partial charge in [0, 0.05) is 12.5 Å². The Labute approximate surface area is 108 Å². The zero-order chi connectivity index (χ0) is 13.6. The van der Waals surface area contributed by atoms with Gasteiger partial charge in [0.05, 0.1) is 6.54 Å². The topological polar surface area (TPSA) is 81.2 Å². The number of hydrogen-bond donors (Lipinski definition) is 2. The first kappa shape index (κ1) is 14.7. The summed E-state index contributed by atoms with van der Waals surface area (Å²) in [5.41, 5.74) is 6.41. The van der Waals surface area contributed by atoms with Crippen LogP contribution in [0.15, 0.2) is 10.6 Å². The highest BCUT2D eigenvalue weighted by atomic mass is 16.5. The highest BCUT2D eigenvalue weighted by Gasteiger charge is 2.18. The van der Waals surface area contributed by atoms with E-state index in [-0.39, 0.29) is 11.3 Å². The maximum Gasteiger partial charge on any atom is 0.220 e. The molecule has 0 atom stereocenters. The maximum absolute atomic E-state index is 11.7. The molecule has 1 aromatic rings. The molecule has 0 fully saturated rings. The van der Waals surface area contributed by atoms with E-state index in [0.717, 1.165) is 24.3 Å². The number of rotatable bonds is 7. The molecule has 0 aliphatic heterocycles. The summed E-state index contributed by atoms with van der Waals surface area (Å²) in [6.45, 7) is 7.18. The van der Waals surface area contributed by atoms with Crippen LogP contribution < -0.4 is 11.1 Å². The molecule has 0 aliphatic rings. The van der Waals surface area contributed by atoms with Crippen LogP contribution in [0.5, 0.6) is 0 Å². The van der Waals surface area contributed by atoms with E-state index < -0.39 is 0 Å². The van der Waals surface area contributed by atoms with Gasteiger partial charge in [-0.1, -0.05) is 19.0 Å². The smallest absolute Gasteiger partial charge is 0.220 e. The van der Waals surface area contributed by atoms with Crippen molar-refractivity contribution in [1.29, 1.82) is 0 Å². The Morgan fingerprint density at radius 2 is 2.22 bits per heavy atom. The van der Waals surface area contributed by atoms with Crippen molar-refractivity contribution in [2.75, 3.05) is 6.54 Å². The summed E-state index contributed by atoms with van der Waals surface area (Å²) in [6, 6.07) is 1.82. The lowest BCUT2D eigenvalue weighted by Crippen LogP contribution is -2.25. The summed E-state index contributed by atoms with van der Waals surface area (Å²) in [6.07, 6.45) is 2.29. The number of aryl methyl sites for hydroxylation is 1. The van der Waals surface area contributed by atoms with Crippen LogP contribution in [0.3, 0.4) is 0 Å². The second-order valence-electron chi connectivity index (χ2n) is 5.41. The van der Waals surface area contributed by atoms with Crippen LogP contribution in [0.2, 0.25) is 0 Å². The van der Waals surface area contributed by atoms with E-state index in [9.17, 15) is 4.79 Å². The minimum Gasteiger partial charge on any atom is -0.361 e. The van der Waals surface area contributed by atoms with E-state index in [4.69, 9.17) is 10.3 Å². The molecule has 1 aromatic heterocycles. The van der Waals surface area contributed by atoms with Crippen molar-refractivity contribution in [3.8, 4) is 0 Å². The molecule has 1 amide bonds. The molecule has 0 spiro atoms. The van der Waals surface area contributed by atoms with Gasteiger partial charge in [-0.3, -0.25) is 4.79 Å². The minimum atomic E-state index is 0.0424. The second kappa shape index (κ2) is 6.54. The molecule has 0 saturated carbocycles. The summed E-state index contributed by atoms with van der Waals surface area (Å²) >= 11 is 0. The molecule has 0 bridgehead atoms. The first-order valence-corrected chi connectivity index (χ1v) is 6.32. The third-order valence-electron chi connectivity index (χ3n) is 2.99. The van der Waals surface area contributed by atoms with Crippen LogP contribution in [-0.4, -0.2) is 17.6 Å². The zero-order valence-electron chi connectivity index (χ0n) is 11.5. The van der Waals surface area contributed by atoms with Crippen LogP contribution in [0.4, 0.5) is 0 Å². The summed E-state index contributed by atoms with van der Waals surface area (Å²) in [4.78, 5) is 11.7. The average Bonchev–Trinajstić information content (AvgIpc) is 2.70. The van der Waals surface area contributed by atoms with Crippen molar-refractivity contribution in [3.63, 3.8) is 0 Å². The summed E-state index contributed by atoms with van der Waals surface area (Å²) in [7, 11) is 0. The number of carbonyl (C=O) groups excluding carboxylic acids is 1. The first-order chi connectivity index (χ1) is 8.43. The standard InChI is InChI=1S/C13H23N3O2/c1-10-8-11(16-18-10)9-15-12(17)4-5-13(2,3)6-7-14/h8H,4-7,9,14H2,1-3H3,(H,15,17). The molecule has 5 nitrogen and oxygen atoms in total. The Balaban J connectivity index is 2.26. The molecule has 0 aromatic carbocycles. The lowest BCUT2D eigenvalue weighted by atomic mass is 9.84. The molecule has 102 valence electrons. The van der Waals surface area contributed by atoms with Crippen molar-refractivity contribution < 1.29 is 9.32 Å². The molecule has 18 heavy (non-hydrogen) atoms. The van der Waals surface area contributed by atoms with Crippen LogP contribution in [0.1, 0.15) is 44.6 Å². The molecular weight excluding hydrogens is 230 g/mol. The van der Waals surface area contributed by atoms with Gasteiger partial charge in [-0.15, -0.1) is 0 Å². The molecule has 3 N–H and O–H groups in total. The molecule has 1 heterocycles. The minimum absolute atomic E-state index is 0.0424. The second-order valence-corrected chi connectivity index (χ2v) is 5.41. The van der Waals surface area contributed by atoms with E-state index in [1.807, 2.05) is 13.0 Å². The number of nitrogens with zero attached hydrogens (tertiary/aromatic N) is 1. The van der Waals surface area contributed by atoms with Crippen LogP contribution in [-0.2, 0) is 11.3 Å². The number of nitrogens with one attached hydrogen (secondary N) is 1. The zero-order valence-corrected chi connectivity index (χ0v) is 11.5. The van der Waals surface area contributed by atoms with Gasteiger partial charge in [0.1, 0.15) is 11.5 Å². The number of carbonyl (C=O) groups is 1. The fraction of sp³-hybridized carbons (Fsp3) is 0.692. The van der Waals surface area contributed by atoms with Crippen LogP contribution in [0, 0.1) is 12.3 Å². The lowest BCUT2D eigenvalue weighted by Gasteiger charge is -2.23. The van der Waals surface area contributed by atoms with Gasteiger partial charge in [-0.05, 0) is 31.7 Å². The Morgan fingerprint density at radius 1 is 1.50 bits per heavy atom. The summed E-state index contributed by atoms with van der Waals surface area (Å²) < 4.78 is 4.93. The monoisotopic (exact) mass is 253 g/mol. The number of nitrogens with two attached hydrogens (primary N) is 1. The molecule has 0 saturated heterocycles. The predicted molar refractivity (Wildman–Crippen MR) is 69.8 cm³/mol. The molecule has 0 aliphatic carbocycles. The third kappa shape index (κ3) is 5.31. The Hall–Kier alpha value is -1.36. The quantitative estimate of drug-likeness (QED) is 0.775. The third-order valence-corrected chi connectivity index (χ3v) is 2.99. The van der Waals surface area contributed by atoms with E-state index in [0.29, 0.717) is 19.5 Å². The van der Waals surface area contributed by atoms with Crippen molar-refractivity contribution in [1.82, 2.24) is 10.5 Å². The van der Waals surface area contributed by atoms with Gasteiger partial charge in [-0.25, -0.2) is 0 Å². The van der Waals surface area contributed by atoms with Gasteiger partial charge < -0.3 is 15.6 Å². The molecular formula is C13H23N3O2. The van der Waals surface area contributed by atoms with Crippen molar-refractivity contribution in [3.05, 3.63) is 17.5 Å². The molecule has 0 radical (unpaired) electrons. The molecule has 0 unspecified atom stereocenters. The predicted octanol–water partition coefficient (Wildman–Crippen LogP) is 1.75. The highest BCUT2D eigenvalue weighted by Crippen LogP contribution is 2.25. The molecule has 1 rings (SSSR count). The summed E-state index contributed by atoms with van der Waals surface area (Å²) in [5, 5.41) is 6.65. The first-order valence-electron chi connectivity index (χ1n) is 6.32. The number of hydrogen-bond acceptors (Lipinski definition) is 4. The fourth-order valence-corrected chi connectivity index (χ4v) is 1.75. The van der Waals surface area contributed by atoms with Gasteiger partial charge in [-0.2, -0.15) is 0 Å². The van der Waals surface area contributed by atoms with Gasteiger partial charge in [0.15, 0.2) is 0 Å². The summed E-state index contributed by atoms with van der Waals surface area (Å²) in [5.74, 6) is 0.795. The van der Waals surface area contributed by atoms with Crippen molar-refractivity contribution in [2.45, 2.75) is 46.6 Å². The largest absolute Gasteiger partial charge is 0.361 e. The van der Waals surface area contributed by atoms with E-state index in [1.165, 1.54) is 0 Å². The SMILES string of the molecule is Cc1cc(CNC(=O)CCC(C)(C)CCN)no1. The lowest BCUT2D eigenvalue weighted by molar-refractivity contribution is -0.121. The molecule has 5 heteroatoms. The van der Waals surface area contributed by atoms with Crippen molar-refractivity contribution in [2.24, 2.45) is 11.1 Å². The highest BCUT2D eigenvalue weighted by molar-refractivity contribution is 5.75. The van der Waals surface area contributed by atoms with Crippen LogP contribution in [0.25, 0.3) is 0 Å². The van der Waals surface area contributed by atoms with Gasteiger partial charge in [0.2, 0.25) is 5.91 Å². The number of aromatic nitrogens is 1. The van der Waals surface area contributed by atoms with Gasteiger partial charge in [0.25, 0.3) is 0 Å². The van der Waals surface area contributed by atoms with E-state index in [2.05, 4.69) is 24.3 Å². The fourth-order valence-electron chi connectivity index (χ4n) is 1.75. The van der Waals surface area contributed by atoms with E-state index >= 15 is 0 Å². The van der Waals surface area contributed by atoms with E-state index in [1.54, 1.807) is 0 Å². The van der Waals surface area contributed by atoms with Gasteiger partial charge >= 0.3 is 0 Å². The average molecular weight is 253 g/mol.